The minimum absolute atomic E-state index is 0.181. The van der Waals surface area contributed by atoms with Gasteiger partial charge < -0.3 is 20.4 Å². The number of nitrogens with zero attached hydrogens (tertiary/aromatic N) is 1. The van der Waals surface area contributed by atoms with Crippen molar-refractivity contribution in [2.45, 2.75) is 32.1 Å². The minimum Gasteiger partial charge on any atom is -0.507 e. The molecule has 1 aromatic rings. The summed E-state index contributed by atoms with van der Waals surface area (Å²) < 4.78 is 0. The number of hydrogen-bond donors (Lipinski definition) is 3. The number of aromatic hydroxyl groups is 1. The van der Waals surface area contributed by atoms with Crippen molar-refractivity contribution in [3.05, 3.63) is 23.8 Å². The lowest BCUT2D eigenvalue weighted by atomic mass is 10.1. The number of rotatable bonds is 2. The molecule has 0 spiro atoms. The number of carboxylic acid groups (broad SMARTS) is 1. The van der Waals surface area contributed by atoms with Gasteiger partial charge in [-0.25, -0.2) is 9.59 Å². The predicted molar refractivity (Wildman–Crippen MR) is 78.7 cm³/mol. The van der Waals surface area contributed by atoms with Gasteiger partial charge >= 0.3 is 12.0 Å². The second-order valence-corrected chi connectivity index (χ2v) is 5.22. The van der Waals surface area contributed by atoms with Crippen LogP contribution in [0.3, 0.4) is 0 Å². The summed E-state index contributed by atoms with van der Waals surface area (Å²) in [6, 6.07) is 3.80. The smallest absolute Gasteiger partial charge is 0.339 e. The van der Waals surface area contributed by atoms with E-state index in [0.29, 0.717) is 5.69 Å². The highest BCUT2D eigenvalue weighted by atomic mass is 16.4. The topological polar surface area (TPSA) is 89.9 Å². The van der Waals surface area contributed by atoms with Crippen molar-refractivity contribution < 1.29 is 19.8 Å². The Morgan fingerprint density at radius 3 is 2.24 bits per heavy atom. The molecule has 6 heteroatoms. The summed E-state index contributed by atoms with van der Waals surface area (Å²) in [5, 5.41) is 21.2. The molecule has 0 aliphatic carbocycles. The van der Waals surface area contributed by atoms with Crippen LogP contribution in [0, 0.1) is 0 Å². The molecule has 3 N–H and O–H groups in total. The molecule has 0 bridgehead atoms. The fraction of sp³-hybridized carbons (Fsp3) is 0.467. The first kappa shape index (κ1) is 15.2. The van der Waals surface area contributed by atoms with E-state index in [1.807, 2.05) is 0 Å². The van der Waals surface area contributed by atoms with E-state index in [9.17, 15) is 14.7 Å². The van der Waals surface area contributed by atoms with Crippen molar-refractivity contribution in [3.8, 4) is 5.75 Å². The maximum Gasteiger partial charge on any atom is 0.339 e. The molecular formula is C15H20N2O4. The molecule has 0 unspecified atom stereocenters. The van der Waals surface area contributed by atoms with Crippen molar-refractivity contribution in [2.75, 3.05) is 18.4 Å². The summed E-state index contributed by atoms with van der Waals surface area (Å²) in [5.41, 5.74) is 0.212. The number of amides is 2. The molecule has 1 aliphatic rings. The second-order valence-electron chi connectivity index (χ2n) is 5.22. The number of carbonyl (C=O) groups is 2. The third-order valence-corrected chi connectivity index (χ3v) is 3.62. The van der Waals surface area contributed by atoms with Crippen LogP contribution in [0.25, 0.3) is 0 Å². The van der Waals surface area contributed by atoms with Gasteiger partial charge in [-0.05, 0) is 25.0 Å². The molecule has 2 rings (SSSR count). The van der Waals surface area contributed by atoms with E-state index in [1.165, 1.54) is 24.6 Å². The number of nitrogens with one attached hydrogen (secondary N) is 1. The minimum atomic E-state index is -1.20. The van der Waals surface area contributed by atoms with Crippen LogP contribution >= 0.6 is 0 Å². The quantitative estimate of drug-likeness (QED) is 0.781. The number of urea groups is 1. The van der Waals surface area contributed by atoms with Gasteiger partial charge in [0.25, 0.3) is 0 Å². The lowest BCUT2D eigenvalue weighted by Crippen LogP contribution is -2.37. The number of aromatic carboxylic acids is 1. The molecule has 0 saturated carbocycles. The Kier molecular flexibility index (Phi) is 5.03. The van der Waals surface area contributed by atoms with Crippen molar-refractivity contribution in [3.63, 3.8) is 0 Å². The highest BCUT2D eigenvalue weighted by Gasteiger charge is 2.16. The predicted octanol–water partition coefficient (Wildman–Crippen LogP) is 2.89. The Balaban J connectivity index is 2.01. The normalized spacial score (nSPS) is 15.9. The van der Waals surface area contributed by atoms with Gasteiger partial charge in [0.15, 0.2) is 0 Å². The van der Waals surface area contributed by atoms with Gasteiger partial charge in [0, 0.05) is 24.8 Å². The Labute approximate surface area is 123 Å². The van der Waals surface area contributed by atoms with Gasteiger partial charge in [-0.15, -0.1) is 0 Å². The zero-order valence-electron chi connectivity index (χ0n) is 11.8. The third-order valence-electron chi connectivity index (χ3n) is 3.62. The average molecular weight is 292 g/mol. The zero-order chi connectivity index (χ0) is 15.2. The largest absolute Gasteiger partial charge is 0.507 e. The number of phenols is 1. The fourth-order valence-corrected chi connectivity index (χ4v) is 2.44. The number of anilines is 1. The van der Waals surface area contributed by atoms with Gasteiger partial charge in [0.2, 0.25) is 0 Å². The highest BCUT2D eigenvalue weighted by Crippen LogP contribution is 2.22. The summed E-state index contributed by atoms with van der Waals surface area (Å²) in [7, 11) is 0. The summed E-state index contributed by atoms with van der Waals surface area (Å²) >= 11 is 0. The summed E-state index contributed by atoms with van der Waals surface area (Å²) in [6.45, 7) is 1.45. The number of likely N-dealkylation sites (tertiary alicyclic amines) is 1. The molecule has 21 heavy (non-hydrogen) atoms. The van der Waals surface area contributed by atoms with Crippen LogP contribution in [0.4, 0.5) is 10.5 Å². The molecule has 0 radical (unpaired) electrons. The molecule has 1 aromatic carbocycles. The third kappa shape index (κ3) is 4.11. The van der Waals surface area contributed by atoms with Gasteiger partial charge in [-0.3, -0.25) is 0 Å². The van der Waals surface area contributed by atoms with Crippen molar-refractivity contribution >= 4 is 17.7 Å². The van der Waals surface area contributed by atoms with Gasteiger partial charge in [-0.2, -0.15) is 0 Å². The molecule has 1 heterocycles. The standard InChI is InChI=1S/C15H20N2O4/c18-13-10-11(6-7-12(13)14(19)20)16-15(21)17-8-4-2-1-3-5-9-17/h6-7,10,18H,1-5,8-9H2,(H,16,21)(H,19,20). The maximum absolute atomic E-state index is 12.2. The van der Waals surface area contributed by atoms with E-state index >= 15 is 0 Å². The molecule has 6 nitrogen and oxygen atoms in total. The van der Waals surface area contributed by atoms with Crippen molar-refractivity contribution in [1.29, 1.82) is 0 Å². The Bertz CT molecular complexity index is 522. The van der Waals surface area contributed by atoms with Gasteiger partial charge in [-0.1, -0.05) is 19.3 Å². The van der Waals surface area contributed by atoms with Crippen LogP contribution in [0.5, 0.6) is 5.75 Å². The van der Waals surface area contributed by atoms with E-state index in [-0.39, 0.29) is 17.3 Å². The summed E-state index contributed by atoms with van der Waals surface area (Å²) in [4.78, 5) is 24.8. The Morgan fingerprint density at radius 2 is 1.67 bits per heavy atom. The van der Waals surface area contributed by atoms with E-state index in [4.69, 9.17) is 5.11 Å². The summed E-state index contributed by atoms with van der Waals surface area (Å²) in [5.74, 6) is -1.55. The number of benzene rings is 1. The van der Waals surface area contributed by atoms with Crippen molar-refractivity contribution in [1.82, 2.24) is 4.90 Å². The zero-order valence-corrected chi connectivity index (χ0v) is 11.8. The maximum atomic E-state index is 12.2. The van der Waals surface area contributed by atoms with Gasteiger partial charge in [0.1, 0.15) is 11.3 Å². The number of hydrogen-bond acceptors (Lipinski definition) is 3. The molecule has 1 fully saturated rings. The van der Waals surface area contributed by atoms with Crippen LogP contribution in [0.15, 0.2) is 18.2 Å². The highest BCUT2D eigenvalue weighted by molar-refractivity contribution is 5.93. The van der Waals surface area contributed by atoms with Crippen LogP contribution in [-0.2, 0) is 0 Å². The monoisotopic (exact) mass is 292 g/mol. The molecule has 2 amide bonds. The molecule has 1 aliphatic heterocycles. The number of carbonyl (C=O) groups excluding carboxylic acids is 1. The van der Waals surface area contributed by atoms with Crippen LogP contribution in [0.2, 0.25) is 0 Å². The van der Waals surface area contributed by atoms with E-state index in [1.54, 1.807) is 4.90 Å². The summed E-state index contributed by atoms with van der Waals surface area (Å²) in [6.07, 6.45) is 5.49. The first-order valence-electron chi connectivity index (χ1n) is 7.20. The first-order valence-corrected chi connectivity index (χ1v) is 7.20. The average Bonchev–Trinajstić information content (AvgIpc) is 2.37. The molecule has 114 valence electrons. The number of carboxylic acids is 1. The molecule has 1 saturated heterocycles. The first-order chi connectivity index (χ1) is 10.1. The Morgan fingerprint density at radius 1 is 1.05 bits per heavy atom. The van der Waals surface area contributed by atoms with Crippen LogP contribution in [0.1, 0.15) is 42.5 Å². The van der Waals surface area contributed by atoms with E-state index in [0.717, 1.165) is 38.8 Å². The van der Waals surface area contributed by atoms with E-state index < -0.39 is 5.97 Å². The van der Waals surface area contributed by atoms with Crippen molar-refractivity contribution in [2.24, 2.45) is 0 Å². The van der Waals surface area contributed by atoms with Crippen LogP contribution in [-0.4, -0.2) is 40.2 Å². The van der Waals surface area contributed by atoms with E-state index in [2.05, 4.69) is 5.32 Å². The van der Waals surface area contributed by atoms with Crippen LogP contribution < -0.4 is 5.32 Å². The lowest BCUT2D eigenvalue weighted by Gasteiger charge is -2.25. The fourth-order valence-electron chi connectivity index (χ4n) is 2.44. The molecule has 0 atom stereocenters. The lowest BCUT2D eigenvalue weighted by molar-refractivity contribution is 0.0694. The molecular weight excluding hydrogens is 272 g/mol. The Hall–Kier alpha value is -2.24. The SMILES string of the molecule is O=C(O)c1ccc(NC(=O)N2CCCCCCC2)cc1O. The molecule has 0 aromatic heterocycles. The second kappa shape index (κ2) is 6.97. The van der Waals surface area contributed by atoms with Gasteiger partial charge in [0.05, 0.1) is 0 Å².